The molecule has 4 nitrogen and oxygen atoms in total. The number of amides is 1. The molecule has 1 N–H and O–H groups in total. The SMILES string of the molecule is N#CCOc1ccccc1NC(=O)c1ccccc1I. The average Bonchev–Trinajstić information content (AvgIpc) is 2.46. The smallest absolute Gasteiger partial charge is 0.256 e. The highest BCUT2D eigenvalue weighted by Gasteiger charge is 2.11. The Morgan fingerprint density at radius 3 is 2.65 bits per heavy atom. The molecule has 5 heteroatoms. The fourth-order valence-corrected chi connectivity index (χ4v) is 2.27. The summed E-state index contributed by atoms with van der Waals surface area (Å²) in [6, 6.07) is 16.3. The number of hydrogen-bond acceptors (Lipinski definition) is 3. The molecule has 0 atom stereocenters. The number of carbonyl (C=O) groups excluding carboxylic acids is 1. The van der Waals surface area contributed by atoms with Crippen LogP contribution in [0.1, 0.15) is 10.4 Å². The van der Waals surface area contributed by atoms with E-state index in [4.69, 9.17) is 10.00 Å². The van der Waals surface area contributed by atoms with Gasteiger partial charge in [-0.25, -0.2) is 0 Å². The summed E-state index contributed by atoms with van der Waals surface area (Å²) >= 11 is 2.11. The van der Waals surface area contributed by atoms with Crippen molar-refractivity contribution in [1.29, 1.82) is 5.26 Å². The average molecular weight is 378 g/mol. The van der Waals surface area contributed by atoms with Gasteiger partial charge in [0.2, 0.25) is 0 Å². The van der Waals surface area contributed by atoms with Gasteiger partial charge in [-0.2, -0.15) is 5.26 Å². The summed E-state index contributed by atoms with van der Waals surface area (Å²) in [5.74, 6) is 0.274. The Morgan fingerprint density at radius 2 is 1.90 bits per heavy atom. The third kappa shape index (κ3) is 3.48. The zero-order valence-electron chi connectivity index (χ0n) is 10.5. The number of halogens is 1. The topological polar surface area (TPSA) is 62.1 Å². The van der Waals surface area contributed by atoms with Crippen LogP contribution in [0, 0.1) is 14.9 Å². The van der Waals surface area contributed by atoms with Crippen LogP contribution in [0.3, 0.4) is 0 Å². The molecule has 20 heavy (non-hydrogen) atoms. The monoisotopic (exact) mass is 378 g/mol. The maximum absolute atomic E-state index is 12.2. The summed E-state index contributed by atoms with van der Waals surface area (Å²) in [6.45, 7) is -0.0598. The van der Waals surface area contributed by atoms with E-state index in [1.54, 1.807) is 30.3 Å². The Balaban J connectivity index is 2.20. The number of carbonyl (C=O) groups is 1. The number of anilines is 1. The van der Waals surface area contributed by atoms with E-state index in [9.17, 15) is 4.79 Å². The summed E-state index contributed by atoms with van der Waals surface area (Å²) in [7, 11) is 0. The van der Waals surface area contributed by atoms with Crippen molar-refractivity contribution in [3.05, 3.63) is 57.7 Å². The lowest BCUT2D eigenvalue weighted by molar-refractivity contribution is 0.102. The predicted octanol–water partition coefficient (Wildman–Crippen LogP) is 3.45. The van der Waals surface area contributed by atoms with Crippen LogP contribution in [0.5, 0.6) is 5.75 Å². The van der Waals surface area contributed by atoms with Crippen LogP contribution in [-0.2, 0) is 0 Å². The van der Waals surface area contributed by atoms with Gasteiger partial charge in [-0.05, 0) is 46.9 Å². The maximum Gasteiger partial charge on any atom is 0.256 e. The number of hydrogen-bond donors (Lipinski definition) is 1. The number of para-hydroxylation sites is 2. The second kappa shape index (κ2) is 6.91. The molecule has 0 aliphatic heterocycles. The first-order chi connectivity index (χ1) is 9.72. The van der Waals surface area contributed by atoms with Gasteiger partial charge in [0.1, 0.15) is 11.8 Å². The van der Waals surface area contributed by atoms with Crippen molar-refractivity contribution in [2.45, 2.75) is 0 Å². The van der Waals surface area contributed by atoms with E-state index in [1.165, 1.54) is 0 Å². The third-order valence-corrected chi connectivity index (χ3v) is 3.49. The number of rotatable bonds is 4. The molecule has 0 aliphatic rings. The van der Waals surface area contributed by atoms with E-state index < -0.39 is 0 Å². The van der Waals surface area contributed by atoms with E-state index in [0.29, 0.717) is 17.0 Å². The predicted molar refractivity (Wildman–Crippen MR) is 84.7 cm³/mol. The lowest BCUT2D eigenvalue weighted by Crippen LogP contribution is -2.14. The molecule has 1 amide bonds. The zero-order chi connectivity index (χ0) is 14.4. The zero-order valence-corrected chi connectivity index (χ0v) is 12.6. The molecule has 0 unspecified atom stereocenters. The lowest BCUT2D eigenvalue weighted by Gasteiger charge is -2.11. The first-order valence-electron chi connectivity index (χ1n) is 5.87. The third-order valence-electron chi connectivity index (χ3n) is 2.55. The molecule has 0 spiro atoms. The minimum Gasteiger partial charge on any atom is -0.477 e. The molecule has 0 saturated carbocycles. The van der Waals surface area contributed by atoms with Gasteiger partial charge in [-0.1, -0.05) is 24.3 Å². The highest BCUT2D eigenvalue weighted by Crippen LogP contribution is 2.24. The van der Waals surface area contributed by atoms with Gasteiger partial charge >= 0.3 is 0 Å². The molecule has 2 rings (SSSR count). The Morgan fingerprint density at radius 1 is 1.20 bits per heavy atom. The van der Waals surface area contributed by atoms with Crippen LogP contribution in [0.15, 0.2) is 48.5 Å². The largest absolute Gasteiger partial charge is 0.477 e. The van der Waals surface area contributed by atoms with Crippen LogP contribution in [0.25, 0.3) is 0 Å². The van der Waals surface area contributed by atoms with E-state index >= 15 is 0 Å². The van der Waals surface area contributed by atoms with E-state index in [0.717, 1.165) is 3.57 Å². The Kier molecular flexibility index (Phi) is 4.96. The van der Waals surface area contributed by atoms with Crippen molar-refractivity contribution in [3.63, 3.8) is 0 Å². The van der Waals surface area contributed by atoms with E-state index in [1.807, 2.05) is 24.3 Å². The van der Waals surface area contributed by atoms with E-state index in [-0.39, 0.29) is 12.5 Å². The molecule has 0 fully saturated rings. The number of ether oxygens (including phenoxy) is 1. The molecule has 0 saturated heterocycles. The standard InChI is InChI=1S/C15H11IN2O2/c16-12-6-2-1-5-11(12)15(19)18-13-7-3-4-8-14(13)20-10-9-17/h1-8H,10H2,(H,18,19). The Hall–Kier alpha value is -2.07. The van der Waals surface area contributed by atoms with Crippen molar-refractivity contribution >= 4 is 34.2 Å². The Labute approximate surface area is 130 Å². The Bertz CT molecular complexity index is 665. The minimum absolute atomic E-state index is 0.0598. The van der Waals surface area contributed by atoms with Gasteiger partial charge in [0.25, 0.3) is 5.91 Å². The summed E-state index contributed by atoms with van der Waals surface area (Å²) in [6.07, 6.45) is 0. The lowest BCUT2D eigenvalue weighted by atomic mass is 10.2. The van der Waals surface area contributed by atoms with Gasteiger partial charge in [0.15, 0.2) is 6.61 Å². The quantitative estimate of drug-likeness (QED) is 0.830. The van der Waals surface area contributed by atoms with E-state index in [2.05, 4.69) is 27.9 Å². The second-order valence-corrected chi connectivity index (χ2v) is 5.04. The molecule has 2 aromatic carbocycles. The molecule has 2 aromatic rings. The molecule has 0 aliphatic carbocycles. The summed E-state index contributed by atoms with van der Waals surface area (Å²) < 4.78 is 6.15. The van der Waals surface area contributed by atoms with Crippen molar-refractivity contribution in [3.8, 4) is 11.8 Å². The first kappa shape index (κ1) is 14.3. The van der Waals surface area contributed by atoms with Gasteiger partial charge in [-0.3, -0.25) is 4.79 Å². The van der Waals surface area contributed by atoms with Gasteiger partial charge in [0, 0.05) is 3.57 Å². The fourth-order valence-electron chi connectivity index (χ4n) is 1.64. The highest BCUT2D eigenvalue weighted by molar-refractivity contribution is 14.1. The second-order valence-electron chi connectivity index (χ2n) is 3.88. The number of nitrogens with zero attached hydrogens (tertiary/aromatic N) is 1. The summed E-state index contributed by atoms with van der Waals surface area (Å²) in [4.78, 5) is 12.2. The van der Waals surface area contributed by atoms with Crippen LogP contribution >= 0.6 is 22.6 Å². The molecule has 0 heterocycles. The molecule has 0 bridgehead atoms. The fraction of sp³-hybridized carbons (Fsp3) is 0.0667. The maximum atomic E-state index is 12.2. The normalized spacial score (nSPS) is 9.60. The van der Waals surface area contributed by atoms with Crippen LogP contribution < -0.4 is 10.1 Å². The van der Waals surface area contributed by atoms with Crippen molar-refractivity contribution < 1.29 is 9.53 Å². The van der Waals surface area contributed by atoms with Gasteiger partial charge < -0.3 is 10.1 Å². The molecule has 0 aromatic heterocycles. The van der Waals surface area contributed by atoms with Crippen molar-refractivity contribution in [1.82, 2.24) is 0 Å². The summed E-state index contributed by atoms with van der Waals surface area (Å²) in [5, 5.41) is 11.3. The highest BCUT2D eigenvalue weighted by atomic mass is 127. The van der Waals surface area contributed by atoms with Gasteiger partial charge in [-0.15, -0.1) is 0 Å². The van der Waals surface area contributed by atoms with Gasteiger partial charge in [0.05, 0.1) is 11.3 Å². The molecular weight excluding hydrogens is 367 g/mol. The number of nitrogens with one attached hydrogen (secondary N) is 1. The molecular formula is C15H11IN2O2. The number of nitriles is 1. The summed E-state index contributed by atoms with van der Waals surface area (Å²) in [5.41, 5.74) is 1.15. The number of benzene rings is 2. The van der Waals surface area contributed by atoms with Crippen LogP contribution in [0.2, 0.25) is 0 Å². The minimum atomic E-state index is -0.206. The van der Waals surface area contributed by atoms with Crippen LogP contribution in [-0.4, -0.2) is 12.5 Å². The first-order valence-corrected chi connectivity index (χ1v) is 6.95. The molecule has 0 radical (unpaired) electrons. The van der Waals surface area contributed by atoms with Crippen LogP contribution in [0.4, 0.5) is 5.69 Å². The van der Waals surface area contributed by atoms with Crippen molar-refractivity contribution in [2.75, 3.05) is 11.9 Å². The van der Waals surface area contributed by atoms with Crippen molar-refractivity contribution in [2.24, 2.45) is 0 Å². The molecule has 100 valence electrons.